The normalized spacial score (nSPS) is 19.2. The van der Waals surface area contributed by atoms with Crippen molar-refractivity contribution in [3.8, 4) is 0 Å². The van der Waals surface area contributed by atoms with Crippen molar-refractivity contribution in [2.24, 2.45) is 0 Å². The molecule has 1 aliphatic heterocycles. The van der Waals surface area contributed by atoms with Gasteiger partial charge in [0.1, 0.15) is 5.82 Å². The van der Waals surface area contributed by atoms with Crippen molar-refractivity contribution >= 4 is 17.3 Å². The van der Waals surface area contributed by atoms with E-state index in [0.29, 0.717) is 6.04 Å². The van der Waals surface area contributed by atoms with E-state index >= 15 is 0 Å². The third-order valence-electron chi connectivity index (χ3n) is 3.84. The fourth-order valence-electron chi connectivity index (χ4n) is 2.95. The molecule has 0 bridgehead atoms. The summed E-state index contributed by atoms with van der Waals surface area (Å²) in [6.07, 6.45) is 8.21. The van der Waals surface area contributed by atoms with Crippen LogP contribution in [0.2, 0.25) is 0 Å². The Bertz CT molecular complexity index is 590. The molecule has 1 unspecified atom stereocenters. The number of aromatic nitrogens is 3. The highest BCUT2D eigenvalue weighted by atomic mass is 15.3. The van der Waals surface area contributed by atoms with Gasteiger partial charge in [-0.15, -0.1) is 0 Å². The van der Waals surface area contributed by atoms with E-state index in [-0.39, 0.29) is 0 Å². The molecule has 1 N–H and O–H groups in total. The SMILES string of the molecule is CNc1cn2ccnc2c(N2CCCC2CN(C)C)n1. The minimum absolute atomic E-state index is 0.519. The van der Waals surface area contributed by atoms with Gasteiger partial charge in [0.25, 0.3) is 0 Å². The zero-order chi connectivity index (χ0) is 14.1. The van der Waals surface area contributed by atoms with E-state index in [1.807, 2.05) is 30.0 Å². The van der Waals surface area contributed by atoms with Crippen molar-refractivity contribution in [2.45, 2.75) is 18.9 Å². The summed E-state index contributed by atoms with van der Waals surface area (Å²) in [7, 11) is 6.15. The minimum Gasteiger partial charge on any atom is -0.372 e. The van der Waals surface area contributed by atoms with Crippen LogP contribution in [-0.4, -0.2) is 59.5 Å². The maximum absolute atomic E-state index is 4.74. The number of hydrogen-bond donors (Lipinski definition) is 1. The number of nitrogens with zero attached hydrogens (tertiary/aromatic N) is 5. The zero-order valence-corrected chi connectivity index (χ0v) is 12.4. The molecule has 0 aliphatic carbocycles. The topological polar surface area (TPSA) is 48.7 Å². The number of rotatable bonds is 4. The molecule has 3 heterocycles. The van der Waals surface area contributed by atoms with Gasteiger partial charge in [-0.3, -0.25) is 0 Å². The summed E-state index contributed by atoms with van der Waals surface area (Å²) in [5.74, 6) is 1.87. The molecule has 0 spiro atoms. The van der Waals surface area contributed by atoms with Crippen LogP contribution in [0.5, 0.6) is 0 Å². The van der Waals surface area contributed by atoms with Gasteiger partial charge in [0.15, 0.2) is 11.5 Å². The smallest absolute Gasteiger partial charge is 0.180 e. The standard InChI is InChI=1S/C14H22N6/c1-15-12-10-19-8-6-16-13(19)14(17-12)20-7-4-5-11(20)9-18(2)3/h6,8,10-11,15H,4-5,7,9H2,1-3H3. The van der Waals surface area contributed by atoms with Crippen molar-refractivity contribution in [1.29, 1.82) is 0 Å². The minimum atomic E-state index is 0.519. The number of imidazole rings is 1. The zero-order valence-electron chi connectivity index (χ0n) is 12.4. The molecule has 0 saturated carbocycles. The van der Waals surface area contributed by atoms with Crippen LogP contribution in [0.15, 0.2) is 18.6 Å². The van der Waals surface area contributed by atoms with Gasteiger partial charge in [-0.05, 0) is 26.9 Å². The van der Waals surface area contributed by atoms with Crippen molar-refractivity contribution in [3.63, 3.8) is 0 Å². The molecule has 1 saturated heterocycles. The summed E-state index contributed by atoms with van der Waals surface area (Å²) in [6, 6.07) is 0.519. The van der Waals surface area contributed by atoms with Gasteiger partial charge in [-0.25, -0.2) is 9.97 Å². The van der Waals surface area contributed by atoms with Gasteiger partial charge in [0.2, 0.25) is 0 Å². The third kappa shape index (κ3) is 2.31. The summed E-state index contributed by atoms with van der Waals surface area (Å²) < 4.78 is 2.04. The van der Waals surface area contributed by atoms with Crippen LogP contribution >= 0.6 is 0 Å². The van der Waals surface area contributed by atoms with Crippen molar-refractivity contribution in [2.75, 3.05) is 44.4 Å². The Morgan fingerprint density at radius 1 is 1.45 bits per heavy atom. The van der Waals surface area contributed by atoms with E-state index in [2.05, 4.69) is 34.2 Å². The van der Waals surface area contributed by atoms with Crippen molar-refractivity contribution < 1.29 is 0 Å². The summed E-state index contributed by atoms with van der Waals surface area (Å²) in [5, 5.41) is 3.13. The highest BCUT2D eigenvalue weighted by molar-refractivity contribution is 5.67. The van der Waals surface area contributed by atoms with Gasteiger partial charge < -0.3 is 19.5 Å². The molecule has 0 radical (unpaired) electrons. The lowest BCUT2D eigenvalue weighted by molar-refractivity contribution is 0.371. The number of likely N-dealkylation sites (N-methyl/N-ethyl adjacent to an activating group) is 1. The maximum atomic E-state index is 4.74. The van der Waals surface area contributed by atoms with Crippen LogP contribution in [0.4, 0.5) is 11.6 Å². The first-order valence-corrected chi connectivity index (χ1v) is 7.12. The van der Waals surface area contributed by atoms with Gasteiger partial charge in [0, 0.05) is 38.6 Å². The largest absolute Gasteiger partial charge is 0.372 e. The second-order valence-corrected chi connectivity index (χ2v) is 5.61. The molecule has 6 heteroatoms. The maximum Gasteiger partial charge on any atom is 0.180 e. The Labute approximate surface area is 119 Å². The monoisotopic (exact) mass is 274 g/mol. The predicted molar refractivity (Wildman–Crippen MR) is 81.5 cm³/mol. The Kier molecular flexibility index (Phi) is 3.48. The molecule has 3 rings (SSSR count). The fourth-order valence-corrected chi connectivity index (χ4v) is 2.95. The molecule has 2 aromatic heterocycles. The highest BCUT2D eigenvalue weighted by Crippen LogP contribution is 2.28. The van der Waals surface area contributed by atoms with Crippen LogP contribution in [0.3, 0.4) is 0 Å². The second-order valence-electron chi connectivity index (χ2n) is 5.61. The molecule has 6 nitrogen and oxygen atoms in total. The molecule has 0 aromatic carbocycles. The average Bonchev–Trinajstić information content (AvgIpc) is 3.05. The second kappa shape index (κ2) is 5.28. The van der Waals surface area contributed by atoms with Crippen molar-refractivity contribution in [1.82, 2.24) is 19.3 Å². The lowest BCUT2D eigenvalue weighted by Crippen LogP contribution is -2.38. The first-order chi connectivity index (χ1) is 9.69. The van der Waals surface area contributed by atoms with Gasteiger partial charge in [-0.2, -0.15) is 0 Å². The molecule has 0 amide bonds. The summed E-state index contributed by atoms with van der Waals surface area (Å²) in [4.78, 5) is 13.9. The van der Waals surface area contributed by atoms with Crippen molar-refractivity contribution in [3.05, 3.63) is 18.6 Å². The van der Waals surface area contributed by atoms with E-state index in [4.69, 9.17) is 4.98 Å². The summed E-state index contributed by atoms with van der Waals surface area (Å²) >= 11 is 0. The number of nitrogens with one attached hydrogen (secondary N) is 1. The lowest BCUT2D eigenvalue weighted by atomic mass is 10.2. The Morgan fingerprint density at radius 2 is 2.30 bits per heavy atom. The van der Waals surface area contributed by atoms with Crippen LogP contribution in [0, 0.1) is 0 Å². The molecule has 2 aromatic rings. The van der Waals surface area contributed by atoms with Gasteiger partial charge in [0.05, 0.1) is 6.20 Å². The van der Waals surface area contributed by atoms with E-state index in [1.54, 1.807) is 0 Å². The molecular formula is C14H22N6. The number of fused-ring (bicyclic) bond motifs is 1. The lowest BCUT2D eigenvalue weighted by Gasteiger charge is -2.28. The third-order valence-corrected chi connectivity index (χ3v) is 3.84. The molecule has 1 aliphatic rings. The van der Waals surface area contributed by atoms with Crippen LogP contribution in [0.25, 0.3) is 5.65 Å². The number of hydrogen-bond acceptors (Lipinski definition) is 5. The molecule has 20 heavy (non-hydrogen) atoms. The molecular weight excluding hydrogens is 252 g/mol. The summed E-state index contributed by atoms with van der Waals surface area (Å²) in [5.41, 5.74) is 0.939. The van der Waals surface area contributed by atoms with Gasteiger partial charge >= 0.3 is 0 Å². The van der Waals surface area contributed by atoms with Crippen LogP contribution in [0.1, 0.15) is 12.8 Å². The number of anilines is 2. The van der Waals surface area contributed by atoms with Crippen LogP contribution < -0.4 is 10.2 Å². The van der Waals surface area contributed by atoms with E-state index < -0.39 is 0 Å². The van der Waals surface area contributed by atoms with Crippen LogP contribution in [-0.2, 0) is 0 Å². The predicted octanol–water partition coefficient (Wildman–Crippen LogP) is 1.30. The first-order valence-electron chi connectivity index (χ1n) is 7.12. The molecule has 1 fully saturated rings. The quantitative estimate of drug-likeness (QED) is 0.910. The summed E-state index contributed by atoms with van der Waals surface area (Å²) in [6.45, 7) is 2.11. The molecule has 1 atom stereocenters. The van der Waals surface area contributed by atoms with Gasteiger partial charge in [-0.1, -0.05) is 0 Å². The van der Waals surface area contributed by atoms with E-state index in [0.717, 1.165) is 30.4 Å². The molecule has 108 valence electrons. The Hall–Kier alpha value is -1.82. The Morgan fingerprint density at radius 3 is 3.05 bits per heavy atom. The highest BCUT2D eigenvalue weighted by Gasteiger charge is 2.28. The van der Waals surface area contributed by atoms with E-state index in [1.165, 1.54) is 12.8 Å². The first kappa shape index (κ1) is 13.2. The van der Waals surface area contributed by atoms with E-state index in [9.17, 15) is 0 Å². The fraction of sp³-hybridized carbons (Fsp3) is 0.571. The average molecular weight is 274 g/mol. The Balaban J connectivity index is 2.01.